The first-order chi connectivity index (χ1) is 14.1. The van der Waals surface area contributed by atoms with Crippen molar-refractivity contribution < 1.29 is 9.32 Å². The molecule has 8 nitrogen and oxygen atoms in total. The lowest BCUT2D eigenvalue weighted by atomic mass is 10.1. The molecule has 1 fully saturated rings. The molecule has 0 unspecified atom stereocenters. The predicted octanol–water partition coefficient (Wildman–Crippen LogP) is 3.66. The van der Waals surface area contributed by atoms with E-state index in [9.17, 15) is 4.79 Å². The third-order valence-electron chi connectivity index (χ3n) is 5.44. The fourth-order valence-corrected chi connectivity index (χ4v) is 4.14. The van der Waals surface area contributed by atoms with Crippen LogP contribution in [0.5, 0.6) is 0 Å². The fraction of sp³-hybridized carbons (Fsp3) is 0.400. The van der Waals surface area contributed by atoms with Crippen LogP contribution in [0, 0.1) is 0 Å². The molecule has 2 amide bonds. The molecule has 2 aromatic heterocycles. The van der Waals surface area contributed by atoms with Crippen LogP contribution in [0.1, 0.15) is 35.8 Å². The molecule has 5 rings (SSSR count). The minimum Gasteiger partial charge on any atom is -0.332 e. The highest BCUT2D eigenvalue weighted by Gasteiger charge is 2.32. The van der Waals surface area contributed by atoms with Gasteiger partial charge < -0.3 is 14.7 Å². The van der Waals surface area contributed by atoms with Crippen LogP contribution in [0.4, 0.5) is 10.5 Å². The van der Waals surface area contributed by atoms with Gasteiger partial charge in [-0.25, -0.2) is 4.79 Å². The smallest absolute Gasteiger partial charge is 0.322 e. The van der Waals surface area contributed by atoms with Crippen molar-refractivity contribution in [1.29, 1.82) is 0 Å². The number of benzene rings is 1. The molecular weight excluding hydrogens is 388 g/mol. The number of amides is 2. The first-order valence-electron chi connectivity index (χ1n) is 9.71. The average Bonchev–Trinajstić information content (AvgIpc) is 3.38. The van der Waals surface area contributed by atoms with Crippen LogP contribution in [0.25, 0.3) is 11.6 Å². The van der Waals surface area contributed by atoms with Gasteiger partial charge in [0.05, 0.1) is 6.54 Å². The number of nitrogens with one attached hydrogen (secondary N) is 1. The molecule has 9 heteroatoms. The highest BCUT2D eigenvalue weighted by molar-refractivity contribution is 7.98. The summed E-state index contributed by atoms with van der Waals surface area (Å²) in [5, 5.41) is 11.7. The normalized spacial score (nSPS) is 16.0. The maximum absolute atomic E-state index is 12.9. The van der Waals surface area contributed by atoms with Crippen molar-refractivity contribution in [2.24, 2.45) is 7.05 Å². The number of hydrogen-bond donors (Lipinski definition) is 1. The van der Waals surface area contributed by atoms with E-state index in [0.29, 0.717) is 30.6 Å². The summed E-state index contributed by atoms with van der Waals surface area (Å²) in [5.41, 5.74) is 3.58. The third-order valence-corrected chi connectivity index (χ3v) is 6.16. The summed E-state index contributed by atoms with van der Waals surface area (Å²) in [6.07, 6.45) is 4.99. The molecule has 0 atom stereocenters. The van der Waals surface area contributed by atoms with Crippen LogP contribution in [0.3, 0.4) is 0 Å². The molecular formula is C20H22N6O2S. The average molecular weight is 411 g/mol. The summed E-state index contributed by atoms with van der Waals surface area (Å²) in [6.45, 7) is 1.10. The molecule has 0 saturated heterocycles. The standard InChI is InChI=1S/C20H22N6O2S/c1-25-16-8-9-26(20(27)21-13-4-3-5-14(10-13)29-2)11-15(16)17(23-25)19-22-18(24-28-19)12-6-7-12/h3-5,10,12H,6-9,11H2,1-2H3,(H,21,27). The first-order valence-corrected chi connectivity index (χ1v) is 10.9. The molecule has 150 valence electrons. The van der Waals surface area contributed by atoms with E-state index in [2.05, 4.69) is 20.6 Å². The number of nitrogens with zero attached hydrogens (tertiary/aromatic N) is 5. The number of fused-ring (bicyclic) bond motifs is 1. The molecule has 0 spiro atoms. The Kier molecular flexibility index (Phi) is 4.54. The van der Waals surface area contributed by atoms with Crippen LogP contribution in [0.2, 0.25) is 0 Å². The number of carbonyl (C=O) groups excluding carboxylic acids is 1. The van der Waals surface area contributed by atoms with Gasteiger partial charge in [0.2, 0.25) is 0 Å². The van der Waals surface area contributed by atoms with Crippen molar-refractivity contribution in [3.8, 4) is 11.6 Å². The predicted molar refractivity (Wildman–Crippen MR) is 110 cm³/mol. The van der Waals surface area contributed by atoms with Crippen LogP contribution < -0.4 is 5.32 Å². The van der Waals surface area contributed by atoms with Gasteiger partial charge in [0.1, 0.15) is 0 Å². The zero-order chi connectivity index (χ0) is 20.0. The van der Waals surface area contributed by atoms with Gasteiger partial charge in [-0.2, -0.15) is 10.1 Å². The van der Waals surface area contributed by atoms with Gasteiger partial charge in [0, 0.05) is 47.8 Å². The number of aryl methyl sites for hydroxylation is 1. The summed E-state index contributed by atoms with van der Waals surface area (Å²) >= 11 is 1.65. The number of rotatable bonds is 4. The number of carbonyl (C=O) groups is 1. The van der Waals surface area contributed by atoms with Crippen molar-refractivity contribution in [1.82, 2.24) is 24.8 Å². The molecule has 1 N–H and O–H groups in total. The van der Waals surface area contributed by atoms with Gasteiger partial charge in [-0.05, 0) is 37.3 Å². The van der Waals surface area contributed by atoms with E-state index in [1.165, 1.54) is 0 Å². The second kappa shape index (κ2) is 7.22. The van der Waals surface area contributed by atoms with Gasteiger partial charge in [-0.1, -0.05) is 11.2 Å². The van der Waals surface area contributed by atoms with E-state index in [4.69, 9.17) is 4.52 Å². The van der Waals surface area contributed by atoms with Crippen LogP contribution in [0.15, 0.2) is 33.7 Å². The van der Waals surface area contributed by atoms with Crippen molar-refractivity contribution in [2.75, 3.05) is 18.1 Å². The summed E-state index contributed by atoms with van der Waals surface area (Å²) in [7, 11) is 1.92. The van der Waals surface area contributed by atoms with Gasteiger partial charge in [-0.15, -0.1) is 11.8 Å². The lowest BCUT2D eigenvalue weighted by molar-refractivity contribution is 0.206. The van der Waals surface area contributed by atoms with Crippen LogP contribution >= 0.6 is 11.8 Å². The van der Waals surface area contributed by atoms with E-state index in [1.54, 1.807) is 16.7 Å². The number of aromatic nitrogens is 4. The molecule has 0 radical (unpaired) electrons. The Balaban J connectivity index is 1.37. The summed E-state index contributed by atoms with van der Waals surface area (Å²) in [6, 6.07) is 7.73. The Hall–Kier alpha value is -2.81. The number of hydrogen-bond acceptors (Lipinski definition) is 6. The number of thioether (sulfide) groups is 1. The number of anilines is 1. The third kappa shape index (κ3) is 3.50. The zero-order valence-electron chi connectivity index (χ0n) is 16.4. The summed E-state index contributed by atoms with van der Waals surface area (Å²) < 4.78 is 7.35. The van der Waals surface area contributed by atoms with Crippen LogP contribution in [-0.2, 0) is 20.0 Å². The minimum absolute atomic E-state index is 0.118. The Labute approximate surface area is 172 Å². The van der Waals surface area contributed by atoms with E-state index in [1.807, 2.05) is 42.3 Å². The molecule has 2 aliphatic rings. The lowest BCUT2D eigenvalue weighted by Crippen LogP contribution is -2.39. The molecule has 3 heterocycles. The van der Waals surface area contributed by atoms with E-state index < -0.39 is 0 Å². The number of urea groups is 1. The fourth-order valence-electron chi connectivity index (χ4n) is 3.68. The minimum atomic E-state index is -0.118. The van der Waals surface area contributed by atoms with Crippen molar-refractivity contribution in [3.63, 3.8) is 0 Å². The zero-order valence-corrected chi connectivity index (χ0v) is 17.2. The van der Waals surface area contributed by atoms with Crippen LogP contribution in [-0.4, -0.2) is 43.7 Å². The molecule has 1 aromatic carbocycles. The Morgan fingerprint density at radius 1 is 1.34 bits per heavy atom. The second-order valence-corrected chi connectivity index (χ2v) is 8.34. The van der Waals surface area contributed by atoms with Gasteiger partial charge in [0.25, 0.3) is 5.89 Å². The van der Waals surface area contributed by atoms with Gasteiger partial charge in [-0.3, -0.25) is 4.68 Å². The SMILES string of the molecule is CSc1cccc(NC(=O)N2CCc3c(c(-c4nc(C5CC5)no4)nn3C)C2)c1. The highest BCUT2D eigenvalue weighted by Crippen LogP contribution is 2.39. The molecule has 1 aliphatic carbocycles. The highest BCUT2D eigenvalue weighted by atomic mass is 32.2. The molecule has 3 aromatic rings. The topological polar surface area (TPSA) is 89.1 Å². The van der Waals surface area contributed by atoms with Crippen molar-refractivity contribution in [3.05, 3.63) is 41.3 Å². The maximum Gasteiger partial charge on any atom is 0.322 e. The van der Waals surface area contributed by atoms with E-state index in [-0.39, 0.29) is 6.03 Å². The van der Waals surface area contributed by atoms with Crippen molar-refractivity contribution in [2.45, 2.75) is 36.6 Å². The Bertz CT molecular complexity index is 1070. The summed E-state index contributed by atoms with van der Waals surface area (Å²) in [4.78, 5) is 20.3. The monoisotopic (exact) mass is 410 g/mol. The van der Waals surface area contributed by atoms with E-state index in [0.717, 1.165) is 46.9 Å². The lowest BCUT2D eigenvalue weighted by Gasteiger charge is -2.27. The molecule has 29 heavy (non-hydrogen) atoms. The summed E-state index contributed by atoms with van der Waals surface area (Å²) in [5.74, 6) is 1.63. The largest absolute Gasteiger partial charge is 0.332 e. The Morgan fingerprint density at radius 3 is 3.00 bits per heavy atom. The van der Waals surface area contributed by atoms with Gasteiger partial charge >= 0.3 is 6.03 Å². The maximum atomic E-state index is 12.9. The first kappa shape index (κ1) is 18.2. The van der Waals surface area contributed by atoms with E-state index >= 15 is 0 Å². The molecule has 1 saturated carbocycles. The Morgan fingerprint density at radius 2 is 2.21 bits per heavy atom. The molecule has 0 bridgehead atoms. The van der Waals surface area contributed by atoms with Crippen molar-refractivity contribution >= 4 is 23.5 Å². The quantitative estimate of drug-likeness (QED) is 0.660. The molecule has 1 aliphatic heterocycles. The van der Waals surface area contributed by atoms with Gasteiger partial charge in [0.15, 0.2) is 11.5 Å². The second-order valence-electron chi connectivity index (χ2n) is 7.46.